The number of amides is 1. The number of ether oxygens (including phenoxy) is 2. The number of carbonyl (C=O) groups excluding carboxylic acids is 2. The molecule has 0 saturated carbocycles. The third-order valence-electron chi connectivity index (χ3n) is 4.95. The van der Waals surface area contributed by atoms with Gasteiger partial charge in [0.25, 0.3) is 5.91 Å². The number of nitrogens with one attached hydrogen (secondary N) is 1. The van der Waals surface area contributed by atoms with Gasteiger partial charge in [0.15, 0.2) is 6.10 Å². The second-order valence-electron chi connectivity index (χ2n) is 7.07. The maximum absolute atomic E-state index is 12.3. The molecule has 1 aliphatic heterocycles. The molecule has 2 heterocycles. The summed E-state index contributed by atoms with van der Waals surface area (Å²) in [6, 6.07) is 7.60. The van der Waals surface area contributed by atoms with Crippen LogP contribution < -0.4 is 10.2 Å². The molecule has 0 unspecified atom stereocenters. The molecular weight excluding hydrogens is 374 g/mol. The highest BCUT2D eigenvalue weighted by Gasteiger charge is 2.19. The molecular formula is C21H27N3O5. The molecule has 1 aromatic carbocycles. The summed E-state index contributed by atoms with van der Waals surface area (Å²) in [6.45, 7) is 8.35. The van der Waals surface area contributed by atoms with E-state index in [2.05, 4.69) is 15.4 Å². The van der Waals surface area contributed by atoms with Crippen LogP contribution in [0.25, 0.3) is 0 Å². The van der Waals surface area contributed by atoms with Crippen LogP contribution in [0.3, 0.4) is 0 Å². The number of hydrogen-bond donors (Lipinski definition) is 1. The molecule has 0 bridgehead atoms. The van der Waals surface area contributed by atoms with E-state index in [-0.39, 0.29) is 12.3 Å². The fourth-order valence-corrected chi connectivity index (χ4v) is 3.22. The van der Waals surface area contributed by atoms with Crippen LogP contribution in [-0.2, 0) is 25.5 Å². The van der Waals surface area contributed by atoms with Crippen LogP contribution in [0.1, 0.15) is 30.4 Å². The highest BCUT2D eigenvalue weighted by molar-refractivity contribution is 5.95. The van der Waals surface area contributed by atoms with Gasteiger partial charge in [-0.3, -0.25) is 9.59 Å². The lowest BCUT2D eigenvalue weighted by atomic mass is 10.1. The van der Waals surface area contributed by atoms with Crippen molar-refractivity contribution >= 4 is 23.3 Å². The van der Waals surface area contributed by atoms with E-state index in [0.717, 1.165) is 43.2 Å². The van der Waals surface area contributed by atoms with Crippen molar-refractivity contribution in [3.63, 3.8) is 0 Å². The quantitative estimate of drug-likeness (QED) is 0.713. The zero-order valence-electron chi connectivity index (χ0n) is 17.1. The predicted octanol–water partition coefficient (Wildman–Crippen LogP) is 2.63. The molecule has 29 heavy (non-hydrogen) atoms. The van der Waals surface area contributed by atoms with E-state index < -0.39 is 12.1 Å². The molecule has 1 fully saturated rings. The second-order valence-corrected chi connectivity index (χ2v) is 7.07. The number of aryl methyl sites for hydroxylation is 2. The number of rotatable bonds is 7. The summed E-state index contributed by atoms with van der Waals surface area (Å²) in [7, 11) is 0. The van der Waals surface area contributed by atoms with E-state index in [9.17, 15) is 9.59 Å². The summed E-state index contributed by atoms with van der Waals surface area (Å²) in [4.78, 5) is 26.6. The van der Waals surface area contributed by atoms with Crippen molar-refractivity contribution in [1.29, 1.82) is 0 Å². The lowest BCUT2D eigenvalue weighted by molar-refractivity contribution is -0.153. The molecule has 156 valence electrons. The topological polar surface area (TPSA) is 93.9 Å². The average molecular weight is 401 g/mol. The van der Waals surface area contributed by atoms with E-state index in [0.29, 0.717) is 17.9 Å². The van der Waals surface area contributed by atoms with Crippen molar-refractivity contribution in [3.8, 4) is 0 Å². The van der Waals surface area contributed by atoms with Crippen molar-refractivity contribution in [2.45, 2.75) is 39.7 Å². The van der Waals surface area contributed by atoms with Crippen molar-refractivity contribution in [2.75, 3.05) is 36.5 Å². The molecule has 1 aromatic heterocycles. The molecule has 0 radical (unpaired) electrons. The Morgan fingerprint density at radius 2 is 1.90 bits per heavy atom. The predicted molar refractivity (Wildman–Crippen MR) is 108 cm³/mol. The SMILES string of the molecule is Cc1noc(C)c1CCC(=O)O[C@@H](C)C(=O)Nc1ccc(N2CCOCC2)cc1. The molecule has 2 aromatic rings. The Morgan fingerprint density at radius 3 is 2.52 bits per heavy atom. The maximum atomic E-state index is 12.3. The summed E-state index contributed by atoms with van der Waals surface area (Å²) in [6.07, 6.45) is -0.252. The van der Waals surface area contributed by atoms with E-state index in [1.807, 2.05) is 31.2 Å². The number of esters is 1. The minimum absolute atomic E-state index is 0.161. The van der Waals surface area contributed by atoms with Gasteiger partial charge in [0.1, 0.15) is 5.76 Å². The van der Waals surface area contributed by atoms with Gasteiger partial charge in [-0.1, -0.05) is 5.16 Å². The van der Waals surface area contributed by atoms with Crippen LogP contribution in [0, 0.1) is 13.8 Å². The molecule has 1 amide bonds. The molecule has 1 atom stereocenters. The third kappa shape index (κ3) is 5.57. The van der Waals surface area contributed by atoms with Gasteiger partial charge in [-0.2, -0.15) is 0 Å². The molecule has 0 spiro atoms. The fourth-order valence-electron chi connectivity index (χ4n) is 3.22. The number of anilines is 2. The lowest BCUT2D eigenvalue weighted by Crippen LogP contribution is -2.36. The van der Waals surface area contributed by atoms with Crippen LogP contribution in [0.15, 0.2) is 28.8 Å². The van der Waals surface area contributed by atoms with Gasteiger partial charge in [-0.25, -0.2) is 0 Å². The summed E-state index contributed by atoms with van der Waals surface area (Å²) >= 11 is 0. The van der Waals surface area contributed by atoms with Gasteiger partial charge in [0.05, 0.1) is 18.9 Å². The maximum Gasteiger partial charge on any atom is 0.306 e. The first-order valence-corrected chi connectivity index (χ1v) is 9.79. The Kier molecular flexibility index (Phi) is 6.87. The normalized spacial score (nSPS) is 15.1. The zero-order chi connectivity index (χ0) is 20.8. The molecule has 8 heteroatoms. The Bertz CT molecular complexity index is 821. The van der Waals surface area contributed by atoms with Crippen LogP contribution >= 0.6 is 0 Å². The molecule has 3 rings (SSSR count). The minimum Gasteiger partial charge on any atom is -0.453 e. The largest absolute Gasteiger partial charge is 0.453 e. The van der Waals surface area contributed by atoms with Crippen molar-refractivity contribution < 1.29 is 23.6 Å². The number of morpholine rings is 1. The number of carbonyl (C=O) groups is 2. The average Bonchev–Trinajstić information content (AvgIpc) is 3.05. The van der Waals surface area contributed by atoms with Gasteiger partial charge in [-0.05, 0) is 51.5 Å². The highest BCUT2D eigenvalue weighted by Crippen LogP contribution is 2.19. The van der Waals surface area contributed by atoms with E-state index in [1.54, 1.807) is 13.8 Å². The first-order chi connectivity index (χ1) is 13.9. The molecule has 1 N–H and O–H groups in total. The Hall–Kier alpha value is -2.87. The highest BCUT2D eigenvalue weighted by atomic mass is 16.5. The zero-order valence-corrected chi connectivity index (χ0v) is 17.1. The summed E-state index contributed by atoms with van der Waals surface area (Å²) in [5.41, 5.74) is 3.41. The van der Waals surface area contributed by atoms with Crippen molar-refractivity contribution in [3.05, 3.63) is 41.3 Å². The van der Waals surface area contributed by atoms with Crippen molar-refractivity contribution in [1.82, 2.24) is 5.16 Å². The van der Waals surface area contributed by atoms with Crippen LogP contribution in [0.5, 0.6) is 0 Å². The summed E-state index contributed by atoms with van der Waals surface area (Å²) in [5, 5.41) is 6.65. The van der Waals surface area contributed by atoms with Gasteiger partial charge in [0.2, 0.25) is 0 Å². The van der Waals surface area contributed by atoms with Crippen LogP contribution in [0.4, 0.5) is 11.4 Å². The number of aromatic nitrogens is 1. The van der Waals surface area contributed by atoms with Crippen LogP contribution in [0.2, 0.25) is 0 Å². The molecule has 1 aliphatic rings. The lowest BCUT2D eigenvalue weighted by Gasteiger charge is -2.28. The third-order valence-corrected chi connectivity index (χ3v) is 4.95. The van der Waals surface area contributed by atoms with Gasteiger partial charge >= 0.3 is 5.97 Å². The Morgan fingerprint density at radius 1 is 1.21 bits per heavy atom. The first-order valence-electron chi connectivity index (χ1n) is 9.79. The summed E-state index contributed by atoms with van der Waals surface area (Å²) in [5.74, 6) is -0.105. The van der Waals surface area contributed by atoms with Gasteiger partial charge < -0.3 is 24.2 Å². The van der Waals surface area contributed by atoms with Gasteiger partial charge in [0, 0.05) is 36.4 Å². The molecule has 8 nitrogen and oxygen atoms in total. The van der Waals surface area contributed by atoms with Gasteiger partial charge in [-0.15, -0.1) is 0 Å². The van der Waals surface area contributed by atoms with E-state index in [1.165, 1.54) is 0 Å². The number of hydrogen-bond acceptors (Lipinski definition) is 7. The fraction of sp³-hybridized carbons (Fsp3) is 0.476. The minimum atomic E-state index is -0.883. The van der Waals surface area contributed by atoms with Crippen molar-refractivity contribution in [2.24, 2.45) is 0 Å². The monoisotopic (exact) mass is 401 g/mol. The Balaban J connectivity index is 1.46. The van der Waals surface area contributed by atoms with Crippen LogP contribution in [-0.4, -0.2) is 49.4 Å². The van der Waals surface area contributed by atoms with E-state index >= 15 is 0 Å². The molecule has 0 aliphatic carbocycles. The van der Waals surface area contributed by atoms with E-state index in [4.69, 9.17) is 14.0 Å². The number of nitrogens with zero attached hydrogens (tertiary/aromatic N) is 2. The Labute approximate surface area is 170 Å². The second kappa shape index (κ2) is 9.56. The summed E-state index contributed by atoms with van der Waals surface area (Å²) < 4.78 is 15.7. The molecule has 1 saturated heterocycles. The first kappa shape index (κ1) is 20.9. The standard InChI is InChI=1S/C21H27N3O5/c1-14-19(15(2)29-23-14)8-9-20(25)28-16(3)21(26)22-17-4-6-18(7-5-17)24-10-12-27-13-11-24/h4-7,16H,8-13H2,1-3H3,(H,22,26)/t16-/m0/s1. The smallest absolute Gasteiger partial charge is 0.306 e. The number of benzene rings is 1.